The fourth-order valence-corrected chi connectivity index (χ4v) is 2.53. The predicted molar refractivity (Wildman–Crippen MR) is 65.0 cm³/mol. The molecule has 1 N–H and O–H groups in total. The van der Waals surface area contributed by atoms with Gasteiger partial charge in [-0.15, -0.1) is 11.3 Å². The molecule has 0 radical (unpaired) electrons. The van der Waals surface area contributed by atoms with E-state index in [9.17, 15) is 0 Å². The van der Waals surface area contributed by atoms with E-state index < -0.39 is 0 Å². The minimum Gasteiger partial charge on any atom is -0.307 e. The first-order chi connectivity index (χ1) is 6.67. The molecule has 0 aliphatic rings. The topological polar surface area (TPSA) is 12.0 Å². The Labute approximate surface area is 91.5 Å². The second-order valence-electron chi connectivity index (χ2n) is 3.85. The zero-order chi connectivity index (χ0) is 10.6. The summed E-state index contributed by atoms with van der Waals surface area (Å²) in [5.74, 6) is 0. The largest absolute Gasteiger partial charge is 0.307 e. The maximum Gasteiger partial charge on any atom is 0.0388 e. The SMILES string of the molecule is CCC(CC)N[C@@H](C)c1ccc(C)s1. The van der Waals surface area contributed by atoms with Gasteiger partial charge in [0.25, 0.3) is 0 Å². The fourth-order valence-electron chi connectivity index (χ4n) is 1.65. The molecule has 0 saturated heterocycles. The molecule has 0 unspecified atom stereocenters. The standard InChI is InChI=1S/C12H21NS/c1-5-11(6-2)13-10(4)12-8-7-9(3)14-12/h7-8,10-11,13H,5-6H2,1-4H3/t10-/m0/s1. The van der Waals surface area contributed by atoms with Gasteiger partial charge in [0.2, 0.25) is 0 Å². The Morgan fingerprint density at radius 2 is 1.93 bits per heavy atom. The van der Waals surface area contributed by atoms with Crippen molar-refractivity contribution in [3.63, 3.8) is 0 Å². The second kappa shape index (κ2) is 5.52. The van der Waals surface area contributed by atoms with Gasteiger partial charge in [0, 0.05) is 21.8 Å². The first-order valence-electron chi connectivity index (χ1n) is 5.49. The first-order valence-corrected chi connectivity index (χ1v) is 6.31. The van der Waals surface area contributed by atoms with Gasteiger partial charge in [-0.25, -0.2) is 0 Å². The van der Waals surface area contributed by atoms with Crippen molar-refractivity contribution in [2.45, 2.75) is 52.6 Å². The van der Waals surface area contributed by atoms with Gasteiger partial charge in [-0.2, -0.15) is 0 Å². The summed E-state index contributed by atoms with van der Waals surface area (Å²) < 4.78 is 0. The monoisotopic (exact) mass is 211 g/mol. The van der Waals surface area contributed by atoms with E-state index in [2.05, 4.69) is 45.1 Å². The third-order valence-corrected chi connectivity index (χ3v) is 3.84. The molecule has 14 heavy (non-hydrogen) atoms. The molecule has 0 aliphatic carbocycles. The second-order valence-corrected chi connectivity index (χ2v) is 5.17. The average molecular weight is 211 g/mol. The highest BCUT2D eigenvalue weighted by Gasteiger charge is 2.11. The Kier molecular flexibility index (Phi) is 4.63. The lowest BCUT2D eigenvalue weighted by Crippen LogP contribution is -2.29. The molecule has 0 aromatic carbocycles. The smallest absolute Gasteiger partial charge is 0.0388 e. The molecule has 1 atom stereocenters. The lowest BCUT2D eigenvalue weighted by Gasteiger charge is -2.20. The molecule has 0 amide bonds. The molecule has 0 spiro atoms. The summed E-state index contributed by atoms with van der Waals surface area (Å²) in [6.45, 7) is 8.91. The summed E-state index contributed by atoms with van der Waals surface area (Å²) >= 11 is 1.90. The maximum atomic E-state index is 3.66. The number of aryl methyl sites for hydroxylation is 1. The molecule has 1 nitrogen and oxygen atoms in total. The Balaban J connectivity index is 2.53. The molecule has 0 saturated carbocycles. The van der Waals surface area contributed by atoms with Gasteiger partial charge in [-0.05, 0) is 38.8 Å². The van der Waals surface area contributed by atoms with Gasteiger partial charge in [0.1, 0.15) is 0 Å². The third-order valence-electron chi connectivity index (χ3n) is 2.66. The number of hydrogen-bond acceptors (Lipinski definition) is 2. The Morgan fingerprint density at radius 1 is 1.29 bits per heavy atom. The highest BCUT2D eigenvalue weighted by molar-refractivity contribution is 7.12. The van der Waals surface area contributed by atoms with Crippen LogP contribution >= 0.6 is 11.3 Å². The summed E-state index contributed by atoms with van der Waals surface area (Å²) in [5.41, 5.74) is 0. The number of hydrogen-bond donors (Lipinski definition) is 1. The highest BCUT2D eigenvalue weighted by Crippen LogP contribution is 2.23. The highest BCUT2D eigenvalue weighted by atomic mass is 32.1. The van der Waals surface area contributed by atoms with E-state index >= 15 is 0 Å². The van der Waals surface area contributed by atoms with Gasteiger partial charge in [0.05, 0.1) is 0 Å². The van der Waals surface area contributed by atoms with E-state index in [0.29, 0.717) is 12.1 Å². The minimum atomic E-state index is 0.499. The van der Waals surface area contributed by atoms with Crippen LogP contribution in [0.3, 0.4) is 0 Å². The number of rotatable bonds is 5. The van der Waals surface area contributed by atoms with Crippen molar-refractivity contribution in [3.8, 4) is 0 Å². The van der Waals surface area contributed by atoms with Crippen LogP contribution in [-0.2, 0) is 0 Å². The molecule has 0 bridgehead atoms. The van der Waals surface area contributed by atoms with E-state index in [4.69, 9.17) is 0 Å². The van der Waals surface area contributed by atoms with Gasteiger partial charge in [0.15, 0.2) is 0 Å². The van der Waals surface area contributed by atoms with Gasteiger partial charge in [-0.3, -0.25) is 0 Å². The van der Waals surface area contributed by atoms with Crippen molar-refractivity contribution >= 4 is 11.3 Å². The van der Waals surface area contributed by atoms with Crippen molar-refractivity contribution in [2.75, 3.05) is 0 Å². The zero-order valence-corrected chi connectivity index (χ0v) is 10.4. The fraction of sp³-hybridized carbons (Fsp3) is 0.667. The van der Waals surface area contributed by atoms with Gasteiger partial charge >= 0.3 is 0 Å². The molecule has 0 fully saturated rings. The quantitative estimate of drug-likeness (QED) is 0.779. The van der Waals surface area contributed by atoms with E-state index in [-0.39, 0.29) is 0 Å². The molecule has 1 rings (SSSR count). The van der Waals surface area contributed by atoms with Gasteiger partial charge in [-0.1, -0.05) is 13.8 Å². The molecule has 2 heteroatoms. The van der Waals surface area contributed by atoms with Crippen LogP contribution in [0, 0.1) is 6.92 Å². The van der Waals surface area contributed by atoms with Crippen LogP contribution in [0.5, 0.6) is 0 Å². The van der Waals surface area contributed by atoms with Crippen molar-refractivity contribution < 1.29 is 0 Å². The first kappa shape index (κ1) is 11.7. The molecular weight excluding hydrogens is 190 g/mol. The predicted octanol–water partition coefficient (Wildman–Crippen LogP) is 3.90. The van der Waals surface area contributed by atoms with Crippen LogP contribution in [-0.4, -0.2) is 6.04 Å². The minimum absolute atomic E-state index is 0.499. The van der Waals surface area contributed by atoms with Crippen LogP contribution in [0.1, 0.15) is 49.4 Å². The van der Waals surface area contributed by atoms with Crippen molar-refractivity contribution in [1.82, 2.24) is 5.32 Å². The van der Waals surface area contributed by atoms with Crippen LogP contribution in [0.4, 0.5) is 0 Å². The summed E-state index contributed by atoms with van der Waals surface area (Å²) in [7, 11) is 0. The Hall–Kier alpha value is -0.340. The summed E-state index contributed by atoms with van der Waals surface area (Å²) in [5, 5.41) is 3.66. The lowest BCUT2D eigenvalue weighted by atomic mass is 10.1. The molecule has 0 aliphatic heterocycles. The summed E-state index contributed by atoms with van der Waals surface area (Å²) in [4.78, 5) is 2.85. The molecule has 1 heterocycles. The average Bonchev–Trinajstić information content (AvgIpc) is 2.61. The van der Waals surface area contributed by atoms with Crippen LogP contribution in [0.15, 0.2) is 12.1 Å². The number of nitrogens with one attached hydrogen (secondary N) is 1. The van der Waals surface area contributed by atoms with E-state index in [0.717, 1.165) is 0 Å². The maximum absolute atomic E-state index is 3.66. The van der Waals surface area contributed by atoms with Gasteiger partial charge < -0.3 is 5.32 Å². The lowest BCUT2D eigenvalue weighted by molar-refractivity contribution is 0.436. The Bertz CT molecular complexity index is 263. The molecule has 80 valence electrons. The molecular formula is C12H21NS. The molecule has 1 aromatic rings. The van der Waals surface area contributed by atoms with Crippen LogP contribution < -0.4 is 5.32 Å². The van der Waals surface area contributed by atoms with Crippen molar-refractivity contribution in [3.05, 3.63) is 21.9 Å². The van der Waals surface area contributed by atoms with Crippen molar-refractivity contribution in [1.29, 1.82) is 0 Å². The summed E-state index contributed by atoms with van der Waals surface area (Å²) in [6.07, 6.45) is 2.43. The van der Waals surface area contributed by atoms with Crippen LogP contribution in [0.2, 0.25) is 0 Å². The van der Waals surface area contributed by atoms with Crippen LogP contribution in [0.25, 0.3) is 0 Å². The van der Waals surface area contributed by atoms with E-state index in [1.165, 1.54) is 22.6 Å². The Morgan fingerprint density at radius 3 is 2.36 bits per heavy atom. The zero-order valence-electron chi connectivity index (χ0n) is 9.63. The van der Waals surface area contributed by atoms with E-state index in [1.54, 1.807) is 0 Å². The number of thiophene rings is 1. The third kappa shape index (κ3) is 3.10. The molecule has 1 aromatic heterocycles. The normalized spacial score (nSPS) is 13.5. The van der Waals surface area contributed by atoms with E-state index in [1.807, 2.05) is 11.3 Å². The summed E-state index contributed by atoms with van der Waals surface area (Å²) in [6, 6.07) is 5.59. The van der Waals surface area contributed by atoms with Crippen molar-refractivity contribution in [2.24, 2.45) is 0 Å².